The van der Waals surface area contributed by atoms with Gasteiger partial charge in [0.1, 0.15) is 5.75 Å². The van der Waals surface area contributed by atoms with E-state index in [-0.39, 0.29) is 16.8 Å². The smallest absolute Gasteiger partial charge is 0.251 e. The molecule has 2 fully saturated rings. The second-order valence-electron chi connectivity index (χ2n) is 8.19. The Kier molecular flexibility index (Phi) is 8.17. The molecule has 2 heterocycles. The van der Waals surface area contributed by atoms with E-state index in [9.17, 15) is 13.2 Å². The molecule has 34 heavy (non-hydrogen) atoms. The van der Waals surface area contributed by atoms with E-state index in [2.05, 4.69) is 10.2 Å². The highest BCUT2D eigenvalue weighted by atomic mass is 32.2. The Labute approximate surface area is 200 Å². The van der Waals surface area contributed by atoms with Crippen molar-refractivity contribution in [1.82, 2.24) is 14.5 Å². The van der Waals surface area contributed by atoms with E-state index in [1.54, 1.807) is 19.2 Å². The van der Waals surface area contributed by atoms with Gasteiger partial charge in [0.25, 0.3) is 5.91 Å². The number of amides is 1. The number of nitrogens with one attached hydrogen (secondary N) is 1. The molecular formula is C24H31N3O6S. The number of carbonyl (C=O) groups is 1. The number of sulfonamides is 1. The maximum atomic E-state index is 12.9. The van der Waals surface area contributed by atoms with E-state index >= 15 is 0 Å². The van der Waals surface area contributed by atoms with Crippen LogP contribution in [-0.4, -0.2) is 89.8 Å². The Morgan fingerprint density at radius 3 is 2.12 bits per heavy atom. The number of nitrogens with zero attached hydrogens (tertiary/aromatic N) is 2. The first kappa shape index (κ1) is 24.6. The van der Waals surface area contributed by atoms with Gasteiger partial charge in [0, 0.05) is 38.3 Å². The zero-order valence-corrected chi connectivity index (χ0v) is 20.1. The summed E-state index contributed by atoms with van der Waals surface area (Å²) in [6.45, 7) is 4.72. The van der Waals surface area contributed by atoms with Crippen LogP contribution in [0.3, 0.4) is 0 Å². The van der Waals surface area contributed by atoms with Gasteiger partial charge in [-0.05, 0) is 42.0 Å². The van der Waals surface area contributed by atoms with Crippen LogP contribution in [0.25, 0.3) is 0 Å². The van der Waals surface area contributed by atoms with Gasteiger partial charge in [0.15, 0.2) is 0 Å². The Morgan fingerprint density at radius 1 is 0.941 bits per heavy atom. The molecule has 2 aliphatic rings. The van der Waals surface area contributed by atoms with Gasteiger partial charge in [-0.25, -0.2) is 8.42 Å². The second-order valence-corrected chi connectivity index (χ2v) is 10.1. The third-order valence-corrected chi connectivity index (χ3v) is 8.08. The van der Waals surface area contributed by atoms with Gasteiger partial charge < -0.3 is 19.5 Å². The zero-order valence-electron chi connectivity index (χ0n) is 19.3. The first-order valence-corrected chi connectivity index (χ1v) is 12.8. The third kappa shape index (κ3) is 5.76. The summed E-state index contributed by atoms with van der Waals surface area (Å²) < 4.78 is 43.0. The van der Waals surface area contributed by atoms with Crippen LogP contribution in [0.15, 0.2) is 53.4 Å². The summed E-state index contributed by atoms with van der Waals surface area (Å²) in [5, 5.41) is 3.02. The van der Waals surface area contributed by atoms with Crippen molar-refractivity contribution < 1.29 is 27.4 Å². The molecule has 1 N–H and O–H groups in total. The van der Waals surface area contributed by atoms with Crippen molar-refractivity contribution in [3.63, 3.8) is 0 Å². The number of hydrogen-bond acceptors (Lipinski definition) is 7. The van der Waals surface area contributed by atoms with E-state index in [4.69, 9.17) is 14.2 Å². The Bertz CT molecular complexity index is 1050. The van der Waals surface area contributed by atoms with Crippen molar-refractivity contribution in [3.8, 4) is 5.75 Å². The van der Waals surface area contributed by atoms with Crippen molar-refractivity contribution in [1.29, 1.82) is 0 Å². The number of morpholine rings is 2. The van der Waals surface area contributed by atoms with Crippen LogP contribution >= 0.6 is 0 Å². The lowest BCUT2D eigenvalue weighted by Crippen LogP contribution is -2.43. The van der Waals surface area contributed by atoms with Crippen LogP contribution < -0.4 is 10.1 Å². The van der Waals surface area contributed by atoms with Gasteiger partial charge >= 0.3 is 0 Å². The average Bonchev–Trinajstić information content (AvgIpc) is 2.90. The highest BCUT2D eigenvalue weighted by Gasteiger charge is 2.27. The fourth-order valence-electron chi connectivity index (χ4n) is 4.18. The number of benzene rings is 2. The van der Waals surface area contributed by atoms with Crippen LogP contribution in [0, 0.1) is 0 Å². The molecule has 10 heteroatoms. The molecule has 9 nitrogen and oxygen atoms in total. The monoisotopic (exact) mass is 489 g/mol. The molecule has 1 atom stereocenters. The lowest BCUT2D eigenvalue weighted by atomic mass is 10.0. The Morgan fingerprint density at radius 2 is 1.53 bits per heavy atom. The summed E-state index contributed by atoms with van der Waals surface area (Å²) in [5.41, 5.74) is 1.49. The molecule has 0 spiro atoms. The fourth-order valence-corrected chi connectivity index (χ4v) is 5.59. The highest BCUT2D eigenvalue weighted by Crippen LogP contribution is 2.24. The summed E-state index contributed by atoms with van der Waals surface area (Å²) in [4.78, 5) is 15.3. The van der Waals surface area contributed by atoms with E-state index in [0.29, 0.717) is 51.6 Å². The van der Waals surface area contributed by atoms with Gasteiger partial charge in [0.2, 0.25) is 10.0 Å². The topological polar surface area (TPSA) is 97.4 Å². The number of carbonyl (C=O) groups excluding carboxylic acids is 1. The van der Waals surface area contributed by atoms with Crippen molar-refractivity contribution in [2.45, 2.75) is 10.9 Å². The average molecular weight is 490 g/mol. The maximum absolute atomic E-state index is 12.9. The standard InChI is InChI=1S/C24H31N3O6S/c1-31-21-6-2-19(3-7-21)23(26-10-14-32-15-11-26)18-25-24(28)20-4-8-22(9-5-20)34(29,30)27-12-16-33-17-13-27/h2-9,23H,10-18H2,1H3,(H,25,28). The molecule has 0 aliphatic carbocycles. The molecule has 184 valence electrons. The summed E-state index contributed by atoms with van der Waals surface area (Å²) in [6.07, 6.45) is 0. The fraction of sp³-hybridized carbons (Fsp3) is 0.458. The Hall–Kier alpha value is -2.50. The predicted molar refractivity (Wildman–Crippen MR) is 126 cm³/mol. The SMILES string of the molecule is COc1ccc(C(CNC(=O)c2ccc(S(=O)(=O)N3CCOCC3)cc2)N2CCOCC2)cc1. The van der Waals surface area contributed by atoms with Crippen molar-refractivity contribution >= 4 is 15.9 Å². The number of rotatable bonds is 8. The highest BCUT2D eigenvalue weighted by molar-refractivity contribution is 7.89. The summed E-state index contributed by atoms with van der Waals surface area (Å²) in [7, 11) is -1.96. The minimum atomic E-state index is -3.59. The van der Waals surface area contributed by atoms with Crippen LogP contribution in [0.5, 0.6) is 5.75 Å². The van der Waals surface area contributed by atoms with Crippen LogP contribution in [-0.2, 0) is 19.5 Å². The zero-order chi connectivity index (χ0) is 24.0. The van der Waals surface area contributed by atoms with Crippen LogP contribution in [0.1, 0.15) is 22.0 Å². The quantitative estimate of drug-likeness (QED) is 0.601. The van der Waals surface area contributed by atoms with Gasteiger partial charge in [-0.1, -0.05) is 12.1 Å². The lowest BCUT2D eigenvalue weighted by molar-refractivity contribution is 0.0162. The summed E-state index contributed by atoms with van der Waals surface area (Å²) in [5.74, 6) is 0.530. The summed E-state index contributed by atoms with van der Waals surface area (Å²) >= 11 is 0. The van der Waals surface area contributed by atoms with Gasteiger partial charge in [0.05, 0.1) is 44.5 Å². The van der Waals surface area contributed by atoms with Crippen molar-refractivity contribution in [3.05, 3.63) is 59.7 Å². The molecule has 2 aromatic rings. The first-order chi connectivity index (χ1) is 16.5. The third-order valence-electron chi connectivity index (χ3n) is 6.17. The maximum Gasteiger partial charge on any atom is 0.251 e. The van der Waals surface area contributed by atoms with Gasteiger partial charge in [-0.3, -0.25) is 9.69 Å². The normalized spacial score (nSPS) is 18.9. The molecule has 2 aliphatic heterocycles. The molecule has 1 amide bonds. The summed E-state index contributed by atoms with van der Waals surface area (Å²) in [6, 6.07) is 13.9. The number of hydrogen-bond donors (Lipinski definition) is 1. The second kappa shape index (κ2) is 11.3. The van der Waals surface area contributed by atoms with Crippen molar-refractivity contribution in [2.24, 2.45) is 0 Å². The molecular weight excluding hydrogens is 458 g/mol. The minimum Gasteiger partial charge on any atom is -0.497 e. The molecule has 1 unspecified atom stereocenters. The van der Waals surface area contributed by atoms with Crippen LogP contribution in [0.2, 0.25) is 0 Å². The van der Waals surface area contributed by atoms with E-state index in [1.807, 2.05) is 24.3 Å². The molecule has 4 rings (SSSR count). The molecule has 0 bridgehead atoms. The van der Waals surface area contributed by atoms with E-state index in [0.717, 1.165) is 24.4 Å². The van der Waals surface area contributed by atoms with E-state index < -0.39 is 10.0 Å². The van der Waals surface area contributed by atoms with Crippen LogP contribution in [0.4, 0.5) is 0 Å². The van der Waals surface area contributed by atoms with Gasteiger partial charge in [-0.15, -0.1) is 0 Å². The lowest BCUT2D eigenvalue weighted by Gasteiger charge is -2.35. The molecule has 0 radical (unpaired) electrons. The first-order valence-electron chi connectivity index (χ1n) is 11.4. The van der Waals surface area contributed by atoms with Gasteiger partial charge in [-0.2, -0.15) is 4.31 Å². The molecule has 2 aromatic carbocycles. The molecule has 0 saturated carbocycles. The minimum absolute atomic E-state index is 0.0141. The predicted octanol–water partition coefficient (Wildman–Crippen LogP) is 1.52. The van der Waals surface area contributed by atoms with E-state index in [1.165, 1.54) is 16.4 Å². The van der Waals surface area contributed by atoms with Crippen molar-refractivity contribution in [2.75, 3.05) is 66.3 Å². The molecule has 2 saturated heterocycles. The number of ether oxygens (including phenoxy) is 3. The number of methoxy groups -OCH3 is 1. The Balaban J connectivity index is 1.43. The largest absolute Gasteiger partial charge is 0.497 e. The molecule has 0 aromatic heterocycles.